The molecule has 0 aromatic heterocycles. The third-order valence-electron chi connectivity index (χ3n) is 8.02. The molecule has 2 bridgehead atoms. The molecule has 5 rings (SSSR count). The first kappa shape index (κ1) is 24.9. The van der Waals surface area contributed by atoms with Crippen molar-refractivity contribution < 1.29 is 14.8 Å². The van der Waals surface area contributed by atoms with Crippen molar-refractivity contribution in [3.63, 3.8) is 0 Å². The zero-order chi connectivity index (χ0) is 25.2. The molecular formula is C28H34N4O3. The molecule has 0 aliphatic heterocycles. The molecule has 3 aliphatic rings. The standard InChI is InChI=1S/C28H34N4O3/c1-17-22-14-23(28(22,2)3)25(17)30-16-20-8-6-18(7-9-20)4-5-19-10-12-21(13-11-19)26(33)31-24(15-29)27(34)32-35/h6-13,17,22-25,30,35H,14-16,29H2,1-3H3,(H,31,33)(H,32,34)/t17-,22-,23?,24-,25+/m0/s1. The van der Waals surface area contributed by atoms with Crippen LogP contribution in [0.2, 0.25) is 0 Å². The number of benzene rings is 2. The second-order valence-corrected chi connectivity index (χ2v) is 10.3. The van der Waals surface area contributed by atoms with Crippen molar-refractivity contribution in [3.05, 3.63) is 70.8 Å². The highest BCUT2D eigenvalue weighted by Gasteiger charge is 2.61. The van der Waals surface area contributed by atoms with Gasteiger partial charge in [0.1, 0.15) is 6.04 Å². The van der Waals surface area contributed by atoms with Gasteiger partial charge < -0.3 is 16.4 Å². The molecule has 3 aliphatic carbocycles. The molecule has 184 valence electrons. The third kappa shape index (κ3) is 5.10. The van der Waals surface area contributed by atoms with E-state index in [1.807, 2.05) is 12.1 Å². The van der Waals surface area contributed by atoms with Gasteiger partial charge in [-0.05, 0) is 71.6 Å². The Morgan fingerprint density at radius 2 is 1.66 bits per heavy atom. The number of amides is 2. The highest BCUT2D eigenvalue weighted by atomic mass is 16.5. The summed E-state index contributed by atoms with van der Waals surface area (Å²) in [7, 11) is 0. The van der Waals surface area contributed by atoms with Crippen molar-refractivity contribution in [1.29, 1.82) is 0 Å². The molecule has 2 amide bonds. The molecule has 1 unspecified atom stereocenters. The zero-order valence-electron chi connectivity index (χ0n) is 20.5. The van der Waals surface area contributed by atoms with Crippen LogP contribution in [0, 0.1) is 35.0 Å². The molecule has 6 N–H and O–H groups in total. The Hall–Kier alpha value is -3.18. The van der Waals surface area contributed by atoms with Gasteiger partial charge in [0.15, 0.2) is 0 Å². The Balaban J connectivity index is 1.31. The monoisotopic (exact) mass is 474 g/mol. The van der Waals surface area contributed by atoms with Crippen LogP contribution in [-0.2, 0) is 11.3 Å². The molecule has 35 heavy (non-hydrogen) atoms. The fourth-order valence-electron chi connectivity index (χ4n) is 5.78. The molecule has 0 saturated heterocycles. The van der Waals surface area contributed by atoms with Crippen LogP contribution in [0.15, 0.2) is 48.5 Å². The van der Waals surface area contributed by atoms with Gasteiger partial charge in [0.05, 0.1) is 0 Å². The second-order valence-electron chi connectivity index (χ2n) is 10.3. The van der Waals surface area contributed by atoms with E-state index < -0.39 is 17.9 Å². The number of hydrogen-bond donors (Lipinski definition) is 5. The number of fused-ring (bicyclic) bond motifs is 1. The summed E-state index contributed by atoms with van der Waals surface area (Å²) in [6.45, 7) is 7.96. The molecule has 0 heterocycles. The highest BCUT2D eigenvalue weighted by molar-refractivity contribution is 5.97. The summed E-state index contributed by atoms with van der Waals surface area (Å²) in [5.74, 6) is 7.42. The van der Waals surface area contributed by atoms with Crippen LogP contribution in [0.25, 0.3) is 0 Å². The Morgan fingerprint density at radius 3 is 2.14 bits per heavy atom. The Labute approximate surface area is 206 Å². The van der Waals surface area contributed by atoms with E-state index in [2.05, 4.69) is 55.4 Å². The van der Waals surface area contributed by atoms with Crippen LogP contribution in [-0.4, -0.2) is 35.7 Å². The molecule has 7 nitrogen and oxygen atoms in total. The van der Waals surface area contributed by atoms with Gasteiger partial charge in [-0.1, -0.05) is 44.7 Å². The van der Waals surface area contributed by atoms with Crippen LogP contribution in [0.3, 0.4) is 0 Å². The van der Waals surface area contributed by atoms with Crippen molar-refractivity contribution in [2.75, 3.05) is 6.54 Å². The van der Waals surface area contributed by atoms with E-state index in [9.17, 15) is 9.59 Å². The summed E-state index contributed by atoms with van der Waals surface area (Å²) in [6, 6.07) is 14.7. The lowest BCUT2D eigenvalue weighted by Gasteiger charge is -2.45. The highest BCUT2D eigenvalue weighted by Crippen LogP contribution is 2.64. The van der Waals surface area contributed by atoms with E-state index in [0.717, 1.165) is 35.4 Å². The zero-order valence-corrected chi connectivity index (χ0v) is 20.5. The number of hydroxylamine groups is 1. The summed E-state index contributed by atoms with van der Waals surface area (Å²) in [4.78, 5) is 23.8. The fraction of sp³-hybridized carbons (Fsp3) is 0.429. The van der Waals surface area contributed by atoms with Gasteiger partial charge in [-0.15, -0.1) is 0 Å². The van der Waals surface area contributed by atoms with Gasteiger partial charge in [-0.3, -0.25) is 14.8 Å². The van der Waals surface area contributed by atoms with Crippen LogP contribution in [0.5, 0.6) is 0 Å². The summed E-state index contributed by atoms with van der Waals surface area (Å²) >= 11 is 0. The maximum Gasteiger partial charge on any atom is 0.267 e. The maximum atomic E-state index is 12.3. The third-order valence-corrected chi connectivity index (χ3v) is 8.02. The molecule has 2 aromatic rings. The van der Waals surface area contributed by atoms with Crippen molar-refractivity contribution in [3.8, 4) is 11.8 Å². The van der Waals surface area contributed by atoms with E-state index >= 15 is 0 Å². The first-order chi connectivity index (χ1) is 16.7. The predicted octanol–water partition coefficient (Wildman–Crippen LogP) is 2.42. The molecule has 5 atom stereocenters. The molecule has 7 heteroatoms. The van der Waals surface area contributed by atoms with E-state index in [4.69, 9.17) is 10.9 Å². The minimum absolute atomic E-state index is 0.130. The minimum atomic E-state index is -1.01. The minimum Gasteiger partial charge on any atom is -0.339 e. The van der Waals surface area contributed by atoms with Crippen LogP contribution in [0.4, 0.5) is 0 Å². The molecule has 0 radical (unpaired) electrons. The maximum absolute atomic E-state index is 12.3. The lowest BCUT2D eigenvalue weighted by molar-refractivity contribution is -0.130. The number of nitrogens with one attached hydrogen (secondary N) is 3. The second kappa shape index (κ2) is 10.2. The van der Waals surface area contributed by atoms with Crippen molar-refractivity contribution in [2.45, 2.75) is 45.8 Å². The van der Waals surface area contributed by atoms with Gasteiger partial charge in [-0.2, -0.15) is 0 Å². The number of rotatable bonds is 7. The summed E-state index contributed by atoms with van der Waals surface area (Å²) in [6.07, 6.45) is 1.36. The van der Waals surface area contributed by atoms with Crippen molar-refractivity contribution in [2.24, 2.45) is 28.9 Å². The van der Waals surface area contributed by atoms with Crippen LogP contribution in [0.1, 0.15) is 54.2 Å². The molecule has 3 fully saturated rings. The smallest absolute Gasteiger partial charge is 0.267 e. The van der Waals surface area contributed by atoms with Crippen molar-refractivity contribution >= 4 is 11.8 Å². The summed E-state index contributed by atoms with van der Waals surface area (Å²) in [5, 5.41) is 15.0. The average Bonchev–Trinajstić information content (AvgIpc) is 3.32. The fourth-order valence-corrected chi connectivity index (χ4v) is 5.78. The normalized spacial score (nSPS) is 24.5. The number of carbonyl (C=O) groups excluding carboxylic acids is 2. The van der Waals surface area contributed by atoms with Gasteiger partial charge in [0.2, 0.25) is 0 Å². The van der Waals surface area contributed by atoms with Crippen LogP contribution < -0.4 is 21.8 Å². The number of hydrogen-bond acceptors (Lipinski definition) is 5. The Bertz CT molecular complexity index is 1130. The largest absolute Gasteiger partial charge is 0.339 e. The Kier molecular flexibility index (Phi) is 7.27. The quantitative estimate of drug-likeness (QED) is 0.240. The van der Waals surface area contributed by atoms with E-state index in [1.54, 1.807) is 24.3 Å². The summed E-state index contributed by atoms with van der Waals surface area (Å²) < 4.78 is 0. The topological polar surface area (TPSA) is 116 Å². The van der Waals surface area contributed by atoms with Gasteiger partial charge in [0.25, 0.3) is 11.8 Å². The van der Waals surface area contributed by atoms with Gasteiger partial charge >= 0.3 is 0 Å². The molecular weight excluding hydrogens is 440 g/mol. The SMILES string of the molecule is C[C@@H]1[C@@H](NCc2ccc(C#Cc3ccc(C(=O)N[C@@H](CN)C(=O)NO)cc3)cc2)C2C[C@@H]1C2(C)C. The number of nitrogens with two attached hydrogens (primary N) is 1. The first-order valence-electron chi connectivity index (χ1n) is 12.1. The van der Waals surface area contributed by atoms with E-state index in [1.165, 1.54) is 17.5 Å². The van der Waals surface area contributed by atoms with E-state index in [-0.39, 0.29) is 6.54 Å². The number of carbonyl (C=O) groups is 2. The van der Waals surface area contributed by atoms with Crippen LogP contribution >= 0.6 is 0 Å². The lowest BCUT2D eigenvalue weighted by atomic mass is 9.60. The molecule has 0 spiro atoms. The summed E-state index contributed by atoms with van der Waals surface area (Å²) in [5.41, 5.74) is 10.7. The van der Waals surface area contributed by atoms with Gasteiger partial charge in [-0.25, -0.2) is 5.48 Å². The average molecular weight is 475 g/mol. The first-order valence-corrected chi connectivity index (χ1v) is 12.1. The molecule has 3 saturated carbocycles. The Morgan fingerprint density at radius 1 is 1.06 bits per heavy atom. The predicted molar refractivity (Wildman–Crippen MR) is 134 cm³/mol. The van der Waals surface area contributed by atoms with Crippen molar-refractivity contribution in [1.82, 2.24) is 16.1 Å². The van der Waals surface area contributed by atoms with Gasteiger partial charge in [0, 0.05) is 35.8 Å². The molecule has 2 aromatic carbocycles. The van der Waals surface area contributed by atoms with E-state index in [0.29, 0.717) is 17.0 Å². The lowest BCUT2D eigenvalue weighted by Crippen LogP contribution is -2.50.